The number of aryl methyl sites for hydroxylation is 4. The van der Waals surface area contributed by atoms with Crippen molar-refractivity contribution in [2.24, 2.45) is 0 Å². The van der Waals surface area contributed by atoms with Gasteiger partial charge in [-0.25, -0.2) is 18.8 Å². The summed E-state index contributed by atoms with van der Waals surface area (Å²) in [5.74, 6) is -0.875. The highest BCUT2D eigenvalue weighted by Crippen LogP contribution is 2.27. The third kappa shape index (κ3) is 15.5. The van der Waals surface area contributed by atoms with Crippen LogP contribution in [0.15, 0.2) is 115 Å². The van der Waals surface area contributed by atoms with Gasteiger partial charge in [-0.15, -0.1) is 0 Å². The van der Waals surface area contributed by atoms with Crippen LogP contribution in [0.3, 0.4) is 0 Å². The van der Waals surface area contributed by atoms with Crippen molar-refractivity contribution in [2.45, 2.75) is 87.4 Å². The van der Waals surface area contributed by atoms with Crippen LogP contribution < -0.4 is 21.3 Å². The molecule has 410 valence electrons. The fraction of sp³-hybridized carbons (Fsp3) is 0.323. The molecule has 0 unspecified atom stereocenters. The summed E-state index contributed by atoms with van der Waals surface area (Å²) >= 11 is 0. The van der Waals surface area contributed by atoms with Crippen molar-refractivity contribution in [3.8, 4) is 0 Å². The Hall–Kier alpha value is -8.53. The molecule has 9 rings (SSSR count). The van der Waals surface area contributed by atoms with E-state index >= 15 is 0 Å². The highest BCUT2D eigenvalue weighted by atomic mass is 19.1. The molecular weight excluding hydrogens is 986 g/mol. The molecule has 0 atom stereocenters. The molecule has 0 radical (unpaired) electrons. The first-order valence-corrected chi connectivity index (χ1v) is 25.8. The van der Waals surface area contributed by atoms with Crippen molar-refractivity contribution in [3.05, 3.63) is 188 Å². The Kier molecular flexibility index (Phi) is 19.9. The lowest BCUT2D eigenvalue weighted by molar-refractivity contribution is -0.128. The van der Waals surface area contributed by atoms with Crippen LogP contribution in [-0.2, 0) is 54.9 Å². The summed E-state index contributed by atoms with van der Waals surface area (Å²) in [5.41, 5.74) is 15.2. The second-order valence-corrected chi connectivity index (χ2v) is 20.3. The van der Waals surface area contributed by atoms with Gasteiger partial charge in [0.2, 0.25) is 11.8 Å². The molecule has 9 amide bonds. The van der Waals surface area contributed by atoms with Gasteiger partial charge in [0, 0.05) is 97.0 Å². The number of benzene rings is 6. The number of urea groups is 3. The number of carbonyl (C=O) groups excluding carboxylic acids is 6. The second-order valence-electron chi connectivity index (χ2n) is 20.3. The number of rotatable bonds is 7. The van der Waals surface area contributed by atoms with Gasteiger partial charge in [-0.1, -0.05) is 103 Å². The Balaban J connectivity index is 0.000000188. The van der Waals surface area contributed by atoms with Gasteiger partial charge in [0.25, 0.3) is 5.91 Å². The molecular formula is C62H74FN9O6. The van der Waals surface area contributed by atoms with E-state index in [1.54, 1.807) is 50.1 Å². The van der Waals surface area contributed by atoms with Crippen LogP contribution in [-0.4, -0.2) is 108 Å². The van der Waals surface area contributed by atoms with Gasteiger partial charge in [-0.3, -0.25) is 14.4 Å². The first kappa shape index (κ1) is 58.7. The number of halogens is 1. The zero-order valence-corrected chi connectivity index (χ0v) is 45.6. The van der Waals surface area contributed by atoms with Crippen LogP contribution in [0.1, 0.15) is 85.9 Å². The van der Waals surface area contributed by atoms with Crippen LogP contribution in [0.4, 0.5) is 41.5 Å². The predicted molar refractivity (Wildman–Crippen MR) is 308 cm³/mol. The number of nitrogens with one attached hydrogen (secondary N) is 4. The Labute approximate surface area is 458 Å². The minimum absolute atomic E-state index is 0. The second kappa shape index (κ2) is 26.5. The Bertz CT molecular complexity index is 3190. The van der Waals surface area contributed by atoms with E-state index in [0.717, 1.165) is 41.5 Å². The lowest BCUT2D eigenvalue weighted by Crippen LogP contribution is -2.39. The largest absolute Gasteiger partial charge is 0.349 e. The van der Waals surface area contributed by atoms with Gasteiger partial charge in [0.05, 0.1) is 12.1 Å². The summed E-state index contributed by atoms with van der Waals surface area (Å²) in [7, 11) is 6.90. The van der Waals surface area contributed by atoms with Crippen molar-refractivity contribution in [1.29, 1.82) is 0 Å². The summed E-state index contributed by atoms with van der Waals surface area (Å²) in [5, 5.41) is 11.1. The minimum atomic E-state index is -0.546. The summed E-state index contributed by atoms with van der Waals surface area (Å²) in [4.78, 5) is 81.7. The molecule has 6 aromatic carbocycles. The van der Waals surface area contributed by atoms with Crippen LogP contribution >= 0.6 is 0 Å². The van der Waals surface area contributed by atoms with Gasteiger partial charge in [0.1, 0.15) is 5.82 Å². The van der Waals surface area contributed by atoms with Crippen molar-refractivity contribution < 1.29 is 33.2 Å². The third-order valence-electron chi connectivity index (χ3n) is 13.7. The zero-order valence-electron chi connectivity index (χ0n) is 45.6. The molecule has 0 fully saturated rings. The highest BCUT2D eigenvalue weighted by Gasteiger charge is 2.25. The molecule has 15 nitrogen and oxygen atoms in total. The maximum absolute atomic E-state index is 14.0. The Morgan fingerprint density at radius 2 is 0.962 bits per heavy atom. The molecule has 16 heteroatoms. The molecule has 3 heterocycles. The van der Waals surface area contributed by atoms with Crippen LogP contribution in [0, 0.1) is 33.5 Å². The fourth-order valence-corrected chi connectivity index (χ4v) is 9.33. The molecule has 0 bridgehead atoms. The lowest BCUT2D eigenvalue weighted by Gasteiger charge is -2.29. The van der Waals surface area contributed by atoms with Crippen molar-refractivity contribution in [1.82, 2.24) is 24.5 Å². The molecule has 3 aliphatic rings. The predicted octanol–water partition coefficient (Wildman–Crippen LogP) is 11.1. The number of anilines is 4. The fourth-order valence-electron chi connectivity index (χ4n) is 9.33. The molecule has 0 aromatic heterocycles. The number of hydrogen-bond acceptors (Lipinski definition) is 6. The van der Waals surface area contributed by atoms with Gasteiger partial charge in [-0.05, 0) is 128 Å². The SMILES string of the molecule is C.CC(=O)Nc1ccc(F)c(NC(=O)N2CCc3ccc(C)cc3C2)c1.Cc1ccc2c(c1)CN(C(=O)Nc1cc(C(=O)N(C)C)ccc1C)CC2.Cc1ccc2c(c1)CN(C(=O)Nc1ccccc1CC(=O)N(C)C)CC2. The number of amides is 9. The number of para-hydroxylation sites is 1. The van der Waals surface area contributed by atoms with E-state index < -0.39 is 5.82 Å². The molecule has 4 N–H and O–H groups in total. The first-order valence-electron chi connectivity index (χ1n) is 25.8. The Morgan fingerprint density at radius 1 is 0.500 bits per heavy atom. The van der Waals surface area contributed by atoms with Crippen LogP contribution in [0.2, 0.25) is 0 Å². The van der Waals surface area contributed by atoms with Crippen molar-refractivity contribution >= 4 is 58.6 Å². The average Bonchev–Trinajstić information content (AvgIpc) is 3.40. The molecule has 0 saturated carbocycles. The van der Waals surface area contributed by atoms with E-state index in [9.17, 15) is 33.2 Å². The summed E-state index contributed by atoms with van der Waals surface area (Å²) in [6.07, 6.45) is 2.77. The standard InChI is InChI=1S/2C21H25N3O2.C19H20FN3O2.CH4/c1-14-5-7-16-9-10-24(13-18(16)11-14)21(26)22-19-12-17(8-6-15(19)2)20(25)23(3)4;1-15-8-9-16-10-11-24(14-18(16)12-15)21(26)22-19-7-5-4-6-17(19)13-20(25)23(2)3;1-12-3-4-14-7-8-23(11-15(14)9-12)19(25)22-18-10-16(21-13(2)24)5-6-17(18)20;/h5-8,11-12H,9-10,13H2,1-4H3,(H,22,26);4-9,12H,10-11,13-14H2,1-3H3,(H,22,26);3-6,9-10H,7-8,11H2,1-2H3,(H,21,24)(H,22,25);1H4. The molecule has 0 aliphatic carbocycles. The summed E-state index contributed by atoms with van der Waals surface area (Å²) < 4.78 is 14.0. The first-order chi connectivity index (χ1) is 36.7. The van der Waals surface area contributed by atoms with E-state index in [2.05, 4.69) is 89.7 Å². The number of hydrogen-bond donors (Lipinski definition) is 4. The van der Waals surface area contributed by atoms with E-state index in [-0.39, 0.29) is 55.3 Å². The van der Waals surface area contributed by atoms with Crippen LogP contribution in [0.25, 0.3) is 0 Å². The van der Waals surface area contributed by atoms with Crippen LogP contribution in [0.5, 0.6) is 0 Å². The van der Waals surface area contributed by atoms with Gasteiger partial charge >= 0.3 is 18.1 Å². The zero-order chi connectivity index (χ0) is 55.5. The minimum Gasteiger partial charge on any atom is -0.349 e. The number of likely N-dealkylation sites (N-methyl/N-ethyl adjacent to an activating group) is 1. The van der Waals surface area contributed by atoms with E-state index in [1.807, 2.05) is 54.0 Å². The molecule has 3 aliphatic heterocycles. The topological polar surface area (TPSA) is 167 Å². The average molecular weight is 1060 g/mol. The quantitative estimate of drug-likeness (QED) is 0.124. The van der Waals surface area contributed by atoms with Gasteiger partial charge in [-0.2, -0.15) is 0 Å². The maximum Gasteiger partial charge on any atom is 0.322 e. The highest BCUT2D eigenvalue weighted by molar-refractivity contribution is 5.97. The van der Waals surface area contributed by atoms with Crippen molar-refractivity contribution in [3.63, 3.8) is 0 Å². The molecule has 0 saturated heterocycles. The third-order valence-corrected chi connectivity index (χ3v) is 13.7. The number of nitrogens with zero attached hydrogens (tertiary/aromatic N) is 5. The smallest absolute Gasteiger partial charge is 0.322 e. The Morgan fingerprint density at radius 3 is 1.42 bits per heavy atom. The summed E-state index contributed by atoms with van der Waals surface area (Å²) in [6, 6.07) is 35.4. The normalized spacial score (nSPS) is 13.0. The molecule has 78 heavy (non-hydrogen) atoms. The van der Waals surface area contributed by atoms with E-state index in [4.69, 9.17) is 0 Å². The van der Waals surface area contributed by atoms with E-state index in [0.29, 0.717) is 61.9 Å². The summed E-state index contributed by atoms with van der Waals surface area (Å²) in [6.45, 7) is 13.1. The molecule has 0 spiro atoms. The number of fused-ring (bicyclic) bond motifs is 3. The lowest BCUT2D eigenvalue weighted by atomic mass is 9.98. The van der Waals surface area contributed by atoms with Gasteiger partial charge < -0.3 is 45.8 Å². The van der Waals surface area contributed by atoms with Crippen molar-refractivity contribution in [2.75, 3.05) is 69.1 Å². The molecule has 6 aromatic rings. The number of carbonyl (C=O) groups is 6. The maximum atomic E-state index is 14.0. The van der Waals surface area contributed by atoms with Gasteiger partial charge in [0.15, 0.2) is 0 Å². The monoisotopic (exact) mass is 1060 g/mol. The van der Waals surface area contributed by atoms with E-state index in [1.165, 1.54) is 69.0 Å².